The van der Waals surface area contributed by atoms with E-state index in [9.17, 15) is 9.59 Å². The number of rotatable bonds is 1. The van der Waals surface area contributed by atoms with Crippen molar-refractivity contribution < 1.29 is 9.59 Å². The summed E-state index contributed by atoms with van der Waals surface area (Å²) in [7, 11) is 0. The molecule has 78 valence electrons. The van der Waals surface area contributed by atoms with Gasteiger partial charge in [0, 0.05) is 12.1 Å². The second-order valence-electron chi connectivity index (χ2n) is 4.13. The Morgan fingerprint density at radius 1 is 1.27 bits per heavy atom. The molecule has 0 spiro atoms. The number of ketones is 1. The molecule has 1 aromatic rings. The first-order valence-corrected chi connectivity index (χ1v) is 5.05. The standard InChI is InChI=1S/C12H13NO2/c1-7(2)8-3-4-9-6-11(14)12(15)13-10(9)5-8/h3-5,7H,6H2,1-2H3,(H,13,15). The van der Waals surface area contributed by atoms with Crippen molar-refractivity contribution in [2.75, 3.05) is 5.32 Å². The number of hydrogen-bond acceptors (Lipinski definition) is 2. The number of anilines is 1. The average Bonchev–Trinajstić information content (AvgIpc) is 2.19. The molecule has 1 aromatic carbocycles. The number of benzene rings is 1. The Morgan fingerprint density at radius 3 is 2.67 bits per heavy atom. The Labute approximate surface area is 88.5 Å². The molecule has 0 atom stereocenters. The fraction of sp³-hybridized carbons (Fsp3) is 0.333. The zero-order valence-electron chi connectivity index (χ0n) is 8.83. The molecule has 1 N–H and O–H groups in total. The third-order valence-corrected chi connectivity index (χ3v) is 2.65. The van der Waals surface area contributed by atoms with E-state index in [1.807, 2.05) is 18.2 Å². The topological polar surface area (TPSA) is 46.2 Å². The quantitative estimate of drug-likeness (QED) is 0.708. The van der Waals surface area contributed by atoms with Crippen LogP contribution in [0.5, 0.6) is 0 Å². The minimum atomic E-state index is -0.497. The first kappa shape index (κ1) is 9.90. The number of carbonyl (C=O) groups excluding carboxylic acids is 2. The van der Waals surface area contributed by atoms with Crippen LogP contribution in [0.25, 0.3) is 0 Å². The van der Waals surface area contributed by atoms with Crippen molar-refractivity contribution in [3.63, 3.8) is 0 Å². The molecule has 15 heavy (non-hydrogen) atoms. The molecule has 2 rings (SSSR count). The van der Waals surface area contributed by atoms with E-state index in [-0.39, 0.29) is 12.2 Å². The smallest absolute Gasteiger partial charge is 0.292 e. The molecule has 3 heteroatoms. The van der Waals surface area contributed by atoms with Crippen LogP contribution in [0.15, 0.2) is 18.2 Å². The van der Waals surface area contributed by atoms with E-state index in [2.05, 4.69) is 19.2 Å². The zero-order chi connectivity index (χ0) is 11.0. The summed E-state index contributed by atoms with van der Waals surface area (Å²) in [6, 6.07) is 5.88. The molecule has 0 unspecified atom stereocenters. The molecule has 0 radical (unpaired) electrons. The number of Topliss-reactive ketones (excluding diaryl/α,β-unsaturated/α-hetero) is 1. The van der Waals surface area contributed by atoms with Crippen molar-refractivity contribution in [2.45, 2.75) is 26.2 Å². The SMILES string of the molecule is CC(C)c1ccc2c(c1)NC(=O)C(=O)C2. The van der Waals surface area contributed by atoms with Gasteiger partial charge in [-0.3, -0.25) is 9.59 Å². The summed E-state index contributed by atoms with van der Waals surface area (Å²) >= 11 is 0. The maximum absolute atomic E-state index is 11.2. The van der Waals surface area contributed by atoms with Crippen LogP contribution in [-0.2, 0) is 16.0 Å². The lowest BCUT2D eigenvalue weighted by atomic mass is 9.96. The van der Waals surface area contributed by atoms with Crippen LogP contribution in [0.4, 0.5) is 5.69 Å². The second kappa shape index (κ2) is 3.50. The first-order valence-electron chi connectivity index (χ1n) is 5.05. The minimum absolute atomic E-state index is 0.222. The van der Waals surface area contributed by atoms with Gasteiger partial charge in [0.1, 0.15) is 0 Å². The van der Waals surface area contributed by atoms with Gasteiger partial charge >= 0.3 is 0 Å². The molecule has 1 heterocycles. The van der Waals surface area contributed by atoms with Crippen LogP contribution < -0.4 is 5.32 Å². The van der Waals surface area contributed by atoms with Crippen molar-refractivity contribution >= 4 is 17.4 Å². The third-order valence-electron chi connectivity index (χ3n) is 2.65. The summed E-state index contributed by atoms with van der Waals surface area (Å²) in [5.41, 5.74) is 2.86. The lowest BCUT2D eigenvalue weighted by Gasteiger charge is -2.17. The fourth-order valence-corrected chi connectivity index (χ4v) is 1.67. The average molecular weight is 203 g/mol. The van der Waals surface area contributed by atoms with Gasteiger partial charge < -0.3 is 5.32 Å². The van der Waals surface area contributed by atoms with Gasteiger partial charge in [0.05, 0.1) is 0 Å². The molecule has 0 saturated heterocycles. The molecule has 0 aliphatic carbocycles. The maximum Gasteiger partial charge on any atom is 0.292 e. The predicted molar refractivity (Wildman–Crippen MR) is 57.9 cm³/mol. The van der Waals surface area contributed by atoms with E-state index >= 15 is 0 Å². The highest BCUT2D eigenvalue weighted by molar-refractivity contribution is 6.42. The molecule has 3 nitrogen and oxygen atoms in total. The second-order valence-corrected chi connectivity index (χ2v) is 4.13. The lowest BCUT2D eigenvalue weighted by molar-refractivity contribution is -0.134. The van der Waals surface area contributed by atoms with Crippen molar-refractivity contribution in [3.05, 3.63) is 29.3 Å². The number of amides is 1. The number of fused-ring (bicyclic) bond motifs is 1. The van der Waals surface area contributed by atoms with Gasteiger partial charge in [-0.1, -0.05) is 26.0 Å². The van der Waals surface area contributed by atoms with E-state index in [0.717, 1.165) is 11.3 Å². The van der Waals surface area contributed by atoms with Crippen LogP contribution in [0, 0.1) is 0 Å². The van der Waals surface area contributed by atoms with Gasteiger partial charge in [-0.05, 0) is 23.1 Å². The number of carbonyl (C=O) groups is 2. The molecule has 0 fully saturated rings. The van der Waals surface area contributed by atoms with Crippen molar-refractivity contribution in [3.8, 4) is 0 Å². The Kier molecular flexibility index (Phi) is 2.31. The molecule has 1 amide bonds. The largest absolute Gasteiger partial charge is 0.319 e. The minimum Gasteiger partial charge on any atom is -0.319 e. The normalized spacial score (nSPS) is 15.1. The van der Waals surface area contributed by atoms with Crippen LogP contribution >= 0.6 is 0 Å². The molecule has 0 aromatic heterocycles. The molecular weight excluding hydrogens is 190 g/mol. The summed E-state index contributed by atoms with van der Waals surface area (Å²) in [5.74, 6) is -0.437. The van der Waals surface area contributed by atoms with Crippen molar-refractivity contribution in [1.82, 2.24) is 0 Å². The molecular formula is C12H13NO2. The van der Waals surface area contributed by atoms with E-state index in [4.69, 9.17) is 0 Å². The maximum atomic E-state index is 11.2. The first-order chi connectivity index (χ1) is 7.08. The Hall–Kier alpha value is -1.64. The fourth-order valence-electron chi connectivity index (χ4n) is 1.67. The summed E-state index contributed by atoms with van der Waals surface area (Å²) in [6.07, 6.45) is 0.222. The highest BCUT2D eigenvalue weighted by Crippen LogP contribution is 2.25. The van der Waals surface area contributed by atoms with Crippen LogP contribution in [0.3, 0.4) is 0 Å². The van der Waals surface area contributed by atoms with Gasteiger partial charge in [-0.25, -0.2) is 0 Å². The molecule has 0 saturated carbocycles. The molecule has 1 aliphatic heterocycles. The van der Waals surface area contributed by atoms with Gasteiger partial charge in [0.2, 0.25) is 5.78 Å². The summed E-state index contributed by atoms with van der Waals surface area (Å²) in [6.45, 7) is 4.19. The molecule has 0 bridgehead atoms. The Balaban J connectivity index is 2.41. The highest BCUT2D eigenvalue weighted by atomic mass is 16.2. The number of nitrogens with one attached hydrogen (secondary N) is 1. The zero-order valence-corrected chi connectivity index (χ0v) is 8.83. The van der Waals surface area contributed by atoms with Gasteiger partial charge in [-0.2, -0.15) is 0 Å². The summed E-state index contributed by atoms with van der Waals surface area (Å²) in [4.78, 5) is 22.3. The van der Waals surface area contributed by atoms with Gasteiger partial charge in [0.25, 0.3) is 5.91 Å². The monoisotopic (exact) mass is 203 g/mol. The summed E-state index contributed by atoms with van der Waals surface area (Å²) < 4.78 is 0. The van der Waals surface area contributed by atoms with Crippen molar-refractivity contribution in [2.24, 2.45) is 0 Å². The van der Waals surface area contributed by atoms with Crippen LogP contribution in [0.1, 0.15) is 30.9 Å². The summed E-state index contributed by atoms with van der Waals surface area (Å²) in [5, 5.41) is 2.62. The van der Waals surface area contributed by atoms with E-state index in [1.165, 1.54) is 5.56 Å². The Morgan fingerprint density at radius 2 is 2.00 bits per heavy atom. The van der Waals surface area contributed by atoms with E-state index < -0.39 is 5.91 Å². The number of hydrogen-bond donors (Lipinski definition) is 1. The van der Waals surface area contributed by atoms with E-state index in [1.54, 1.807) is 0 Å². The van der Waals surface area contributed by atoms with Gasteiger partial charge in [-0.15, -0.1) is 0 Å². The van der Waals surface area contributed by atoms with Crippen LogP contribution in [0.2, 0.25) is 0 Å². The van der Waals surface area contributed by atoms with Crippen LogP contribution in [-0.4, -0.2) is 11.7 Å². The molecule has 1 aliphatic rings. The van der Waals surface area contributed by atoms with Gasteiger partial charge in [0.15, 0.2) is 0 Å². The predicted octanol–water partition coefficient (Wildman–Crippen LogP) is 1.87. The Bertz CT molecular complexity index is 435. The lowest BCUT2D eigenvalue weighted by Crippen LogP contribution is -2.29. The third kappa shape index (κ3) is 1.77. The highest BCUT2D eigenvalue weighted by Gasteiger charge is 2.23. The van der Waals surface area contributed by atoms with Crippen molar-refractivity contribution in [1.29, 1.82) is 0 Å². The van der Waals surface area contributed by atoms with E-state index in [0.29, 0.717) is 5.92 Å².